The van der Waals surface area contributed by atoms with Crippen molar-refractivity contribution in [3.63, 3.8) is 0 Å². The summed E-state index contributed by atoms with van der Waals surface area (Å²) in [7, 11) is 1.69. The molecule has 1 aromatic carbocycles. The van der Waals surface area contributed by atoms with E-state index in [0.717, 1.165) is 18.7 Å². The van der Waals surface area contributed by atoms with Crippen LogP contribution < -0.4 is 10.1 Å². The van der Waals surface area contributed by atoms with Crippen molar-refractivity contribution in [2.24, 2.45) is 0 Å². The molecule has 1 heterocycles. The molecule has 1 aromatic heterocycles. The minimum Gasteiger partial charge on any atom is -0.497 e. The van der Waals surface area contributed by atoms with E-state index in [0.29, 0.717) is 6.04 Å². The van der Waals surface area contributed by atoms with Gasteiger partial charge in [0.2, 0.25) is 0 Å². The molecular formula is C16H20N2O. The van der Waals surface area contributed by atoms with E-state index in [2.05, 4.69) is 35.4 Å². The van der Waals surface area contributed by atoms with E-state index in [1.807, 2.05) is 24.4 Å². The topological polar surface area (TPSA) is 34.1 Å². The van der Waals surface area contributed by atoms with Crippen LogP contribution in [0.25, 0.3) is 0 Å². The fourth-order valence-corrected chi connectivity index (χ4v) is 1.98. The number of nitrogens with one attached hydrogen (secondary N) is 1. The Balaban J connectivity index is 1.79. The third-order valence-electron chi connectivity index (χ3n) is 3.21. The smallest absolute Gasteiger partial charge is 0.118 e. The van der Waals surface area contributed by atoms with Crippen molar-refractivity contribution in [2.45, 2.75) is 19.4 Å². The lowest BCUT2D eigenvalue weighted by Crippen LogP contribution is -2.21. The number of hydrogen-bond donors (Lipinski definition) is 1. The predicted molar refractivity (Wildman–Crippen MR) is 77.4 cm³/mol. The van der Waals surface area contributed by atoms with Crippen molar-refractivity contribution in [3.8, 4) is 5.75 Å². The zero-order chi connectivity index (χ0) is 13.5. The van der Waals surface area contributed by atoms with Gasteiger partial charge >= 0.3 is 0 Å². The molecule has 19 heavy (non-hydrogen) atoms. The number of rotatable bonds is 6. The van der Waals surface area contributed by atoms with Crippen LogP contribution in [0, 0.1) is 0 Å². The van der Waals surface area contributed by atoms with Gasteiger partial charge in [-0.3, -0.25) is 4.98 Å². The van der Waals surface area contributed by atoms with E-state index in [-0.39, 0.29) is 0 Å². The second-order valence-electron chi connectivity index (χ2n) is 4.56. The van der Waals surface area contributed by atoms with Crippen molar-refractivity contribution in [1.29, 1.82) is 0 Å². The molecule has 2 rings (SSSR count). The summed E-state index contributed by atoms with van der Waals surface area (Å²) in [6.07, 6.45) is 4.72. The molecule has 0 aliphatic heterocycles. The van der Waals surface area contributed by atoms with Gasteiger partial charge in [0, 0.05) is 18.4 Å². The van der Waals surface area contributed by atoms with Crippen molar-refractivity contribution in [2.75, 3.05) is 13.7 Å². The van der Waals surface area contributed by atoms with Crippen molar-refractivity contribution in [3.05, 3.63) is 59.9 Å². The highest BCUT2D eigenvalue weighted by molar-refractivity contribution is 5.27. The molecule has 0 saturated carbocycles. The molecule has 0 unspecified atom stereocenters. The fourth-order valence-electron chi connectivity index (χ4n) is 1.98. The van der Waals surface area contributed by atoms with Crippen LogP contribution in [0.2, 0.25) is 0 Å². The van der Waals surface area contributed by atoms with Crippen LogP contribution in [-0.2, 0) is 6.42 Å². The molecule has 100 valence electrons. The van der Waals surface area contributed by atoms with Gasteiger partial charge in [-0.1, -0.05) is 18.2 Å². The number of benzene rings is 1. The number of pyridine rings is 1. The first-order valence-corrected chi connectivity index (χ1v) is 6.56. The minimum atomic E-state index is 0.326. The van der Waals surface area contributed by atoms with Crippen LogP contribution in [0.1, 0.15) is 24.1 Å². The first kappa shape index (κ1) is 13.6. The average molecular weight is 256 g/mol. The quantitative estimate of drug-likeness (QED) is 0.862. The molecule has 2 aromatic rings. The lowest BCUT2D eigenvalue weighted by molar-refractivity contribution is 0.414. The molecule has 0 saturated heterocycles. The van der Waals surface area contributed by atoms with Crippen molar-refractivity contribution < 1.29 is 4.74 Å². The third-order valence-corrected chi connectivity index (χ3v) is 3.21. The lowest BCUT2D eigenvalue weighted by atomic mass is 10.1. The Morgan fingerprint density at radius 1 is 1.21 bits per heavy atom. The molecule has 0 fully saturated rings. The normalized spacial score (nSPS) is 12.1. The molecule has 0 spiro atoms. The summed E-state index contributed by atoms with van der Waals surface area (Å²) in [4.78, 5) is 4.14. The summed E-state index contributed by atoms with van der Waals surface area (Å²) in [6.45, 7) is 3.10. The van der Waals surface area contributed by atoms with E-state index in [1.54, 1.807) is 13.3 Å². The minimum absolute atomic E-state index is 0.326. The van der Waals surface area contributed by atoms with Gasteiger partial charge in [-0.2, -0.15) is 0 Å². The predicted octanol–water partition coefficient (Wildman–Crippen LogP) is 2.98. The highest BCUT2D eigenvalue weighted by Crippen LogP contribution is 2.12. The largest absolute Gasteiger partial charge is 0.497 e. The Kier molecular flexibility index (Phi) is 4.93. The summed E-state index contributed by atoms with van der Waals surface area (Å²) in [5.74, 6) is 0.903. The van der Waals surface area contributed by atoms with Crippen molar-refractivity contribution >= 4 is 0 Å². The fraction of sp³-hybridized carbons (Fsp3) is 0.312. The maximum absolute atomic E-state index is 5.15. The summed E-state index contributed by atoms with van der Waals surface area (Å²) >= 11 is 0. The summed E-state index contributed by atoms with van der Waals surface area (Å²) < 4.78 is 5.15. The molecule has 0 radical (unpaired) electrons. The maximum Gasteiger partial charge on any atom is 0.118 e. The first-order valence-electron chi connectivity index (χ1n) is 6.56. The lowest BCUT2D eigenvalue weighted by Gasteiger charge is -2.13. The van der Waals surface area contributed by atoms with Gasteiger partial charge in [-0.05, 0) is 49.2 Å². The van der Waals surface area contributed by atoms with Gasteiger partial charge < -0.3 is 10.1 Å². The van der Waals surface area contributed by atoms with E-state index in [9.17, 15) is 0 Å². The maximum atomic E-state index is 5.15. The Morgan fingerprint density at radius 2 is 2.00 bits per heavy atom. The SMILES string of the molecule is COc1ccc(CCN[C@@H](C)c2cccnc2)cc1. The Morgan fingerprint density at radius 3 is 2.63 bits per heavy atom. The van der Waals surface area contributed by atoms with Crippen LogP contribution in [0.5, 0.6) is 5.75 Å². The van der Waals surface area contributed by atoms with E-state index in [1.165, 1.54) is 11.1 Å². The Bertz CT molecular complexity index is 482. The molecule has 0 aliphatic rings. The van der Waals surface area contributed by atoms with Gasteiger partial charge in [0.1, 0.15) is 5.75 Å². The van der Waals surface area contributed by atoms with Gasteiger partial charge in [-0.15, -0.1) is 0 Å². The zero-order valence-corrected chi connectivity index (χ0v) is 11.5. The van der Waals surface area contributed by atoms with Crippen LogP contribution in [0.4, 0.5) is 0 Å². The van der Waals surface area contributed by atoms with Gasteiger partial charge in [0.05, 0.1) is 7.11 Å². The van der Waals surface area contributed by atoms with Gasteiger partial charge in [-0.25, -0.2) is 0 Å². The zero-order valence-electron chi connectivity index (χ0n) is 11.5. The molecule has 3 nitrogen and oxygen atoms in total. The molecule has 0 bridgehead atoms. The van der Waals surface area contributed by atoms with Crippen LogP contribution in [0.3, 0.4) is 0 Å². The molecule has 1 N–H and O–H groups in total. The second kappa shape index (κ2) is 6.90. The summed E-state index contributed by atoms with van der Waals surface area (Å²) in [5, 5.41) is 3.50. The second-order valence-corrected chi connectivity index (χ2v) is 4.56. The summed E-state index contributed by atoms with van der Waals surface area (Å²) in [5.41, 5.74) is 2.53. The third kappa shape index (κ3) is 4.07. The highest BCUT2D eigenvalue weighted by Gasteiger charge is 2.03. The number of hydrogen-bond acceptors (Lipinski definition) is 3. The molecular weight excluding hydrogens is 236 g/mol. The number of ether oxygens (including phenoxy) is 1. The monoisotopic (exact) mass is 256 g/mol. The molecule has 1 atom stereocenters. The van der Waals surface area contributed by atoms with E-state index < -0.39 is 0 Å². The standard InChI is InChI=1S/C16H20N2O/c1-13(15-4-3-10-17-12-15)18-11-9-14-5-7-16(19-2)8-6-14/h3-8,10,12-13,18H,9,11H2,1-2H3/t13-/m0/s1. The Labute approximate surface area is 114 Å². The van der Waals surface area contributed by atoms with E-state index >= 15 is 0 Å². The average Bonchev–Trinajstić information content (AvgIpc) is 2.49. The number of methoxy groups -OCH3 is 1. The van der Waals surface area contributed by atoms with Gasteiger partial charge in [0.15, 0.2) is 0 Å². The summed E-state index contributed by atoms with van der Waals surface area (Å²) in [6, 6.07) is 12.6. The van der Waals surface area contributed by atoms with Crippen LogP contribution in [0.15, 0.2) is 48.8 Å². The molecule has 3 heteroatoms. The van der Waals surface area contributed by atoms with Crippen LogP contribution in [-0.4, -0.2) is 18.6 Å². The number of aromatic nitrogens is 1. The first-order chi connectivity index (χ1) is 9.29. The van der Waals surface area contributed by atoms with Gasteiger partial charge in [0.25, 0.3) is 0 Å². The number of nitrogens with zero attached hydrogens (tertiary/aromatic N) is 1. The highest BCUT2D eigenvalue weighted by atomic mass is 16.5. The Hall–Kier alpha value is -1.87. The molecule has 0 aliphatic carbocycles. The molecule has 0 amide bonds. The van der Waals surface area contributed by atoms with Crippen molar-refractivity contribution in [1.82, 2.24) is 10.3 Å². The van der Waals surface area contributed by atoms with E-state index in [4.69, 9.17) is 4.74 Å². The van der Waals surface area contributed by atoms with Crippen LogP contribution >= 0.6 is 0 Å².